The summed E-state index contributed by atoms with van der Waals surface area (Å²) < 4.78 is 6.25. The van der Waals surface area contributed by atoms with Crippen molar-refractivity contribution in [3.8, 4) is 5.75 Å². The SMILES string of the molecule is CC(=O)[O][Hg][c]1ccccc1.Oc1ccccc1. The van der Waals surface area contributed by atoms with Crippen LogP contribution in [0, 0.1) is 0 Å². The first-order valence-electron chi connectivity index (χ1n) is 5.60. The molecule has 90 valence electrons. The van der Waals surface area contributed by atoms with E-state index < -0.39 is 25.0 Å². The fourth-order valence-electron chi connectivity index (χ4n) is 1.19. The molecule has 0 heterocycles. The van der Waals surface area contributed by atoms with Crippen molar-refractivity contribution in [3.05, 3.63) is 60.7 Å². The number of carbonyl (C=O) groups excluding carboxylic acids is 1. The van der Waals surface area contributed by atoms with E-state index in [9.17, 15) is 4.79 Å². The van der Waals surface area contributed by atoms with E-state index in [1.54, 1.807) is 24.3 Å². The number of phenolic OH excluding ortho intramolecular Hbond substituents is 1. The maximum absolute atomic E-state index is 10.5. The van der Waals surface area contributed by atoms with Gasteiger partial charge in [-0.25, -0.2) is 0 Å². The van der Waals surface area contributed by atoms with Gasteiger partial charge in [0, 0.05) is 0 Å². The van der Waals surface area contributed by atoms with Crippen LogP contribution in [0.3, 0.4) is 0 Å². The number of benzene rings is 2. The largest absolute Gasteiger partial charge is 0.508 e. The summed E-state index contributed by atoms with van der Waals surface area (Å²) in [6, 6.07) is 18.7. The van der Waals surface area contributed by atoms with Gasteiger partial charge in [-0.1, -0.05) is 18.2 Å². The van der Waals surface area contributed by atoms with Crippen molar-refractivity contribution in [1.82, 2.24) is 0 Å². The summed E-state index contributed by atoms with van der Waals surface area (Å²) in [5, 5.41) is 8.63. The molecule has 0 radical (unpaired) electrons. The Labute approximate surface area is 120 Å². The van der Waals surface area contributed by atoms with Crippen molar-refractivity contribution in [2.75, 3.05) is 0 Å². The number of phenols is 1. The van der Waals surface area contributed by atoms with Crippen LogP contribution in [-0.2, 0) is 32.5 Å². The number of para-hydroxylation sites is 1. The van der Waals surface area contributed by atoms with Crippen LogP contribution in [-0.4, -0.2) is 11.1 Å². The average Bonchev–Trinajstić information content (AvgIpc) is 2.39. The first kappa shape index (κ1) is 14.7. The van der Waals surface area contributed by atoms with Crippen LogP contribution >= 0.6 is 0 Å². The maximum Gasteiger partial charge on any atom is 0.115 e. The van der Waals surface area contributed by atoms with Gasteiger partial charge in [0.2, 0.25) is 0 Å². The molecule has 2 rings (SSSR count). The van der Waals surface area contributed by atoms with Crippen LogP contribution < -0.4 is 3.07 Å². The Morgan fingerprint density at radius 1 is 1.00 bits per heavy atom. The van der Waals surface area contributed by atoms with Crippen molar-refractivity contribution in [2.45, 2.75) is 6.92 Å². The van der Waals surface area contributed by atoms with Crippen LogP contribution in [0.1, 0.15) is 6.92 Å². The van der Waals surface area contributed by atoms with E-state index in [1.807, 2.05) is 36.4 Å². The standard InChI is InChI=1S/C6H6O.C6H5.C2H4O2.Hg/c7-6-4-2-1-3-5-6;1-2-4-6-5-3-1;1-2(3)4;/h1-5,7H;1-5H;1H3,(H,3,4);/q;;;+1/p-1. The molecule has 0 atom stereocenters. The molecule has 0 aliphatic carbocycles. The van der Waals surface area contributed by atoms with E-state index in [0.29, 0.717) is 5.75 Å². The molecular formula is C14H14HgO3. The Hall–Kier alpha value is -1.35. The molecule has 0 aliphatic heterocycles. The summed E-state index contributed by atoms with van der Waals surface area (Å²) >= 11 is -1.52. The normalized spacial score (nSPS) is 8.50. The van der Waals surface area contributed by atoms with Crippen molar-refractivity contribution < 1.29 is 37.6 Å². The molecule has 0 saturated heterocycles. The van der Waals surface area contributed by atoms with Crippen LogP contribution in [0.5, 0.6) is 5.75 Å². The molecule has 0 saturated carbocycles. The zero-order valence-electron chi connectivity index (χ0n) is 10.2. The molecule has 0 aromatic heterocycles. The van der Waals surface area contributed by atoms with Gasteiger partial charge >= 0.3 is 78.8 Å². The smallest absolute Gasteiger partial charge is 0.115 e. The monoisotopic (exact) mass is 432 g/mol. The third-order valence-electron chi connectivity index (χ3n) is 2.04. The molecule has 1 N–H and O–H groups in total. The number of hydrogen-bond acceptors (Lipinski definition) is 3. The fourth-order valence-corrected chi connectivity index (χ4v) is 4.43. The summed E-state index contributed by atoms with van der Waals surface area (Å²) in [5.74, 6) is 0.179. The number of rotatable bonds is 2. The van der Waals surface area contributed by atoms with Crippen LogP contribution in [0.2, 0.25) is 0 Å². The first-order chi connectivity index (χ1) is 8.68. The van der Waals surface area contributed by atoms with E-state index in [-0.39, 0.29) is 5.97 Å². The van der Waals surface area contributed by atoms with Crippen LogP contribution in [0.15, 0.2) is 60.7 Å². The molecule has 18 heavy (non-hydrogen) atoms. The molecule has 2 aromatic carbocycles. The number of carbonyl (C=O) groups is 1. The van der Waals surface area contributed by atoms with Gasteiger partial charge in [0.15, 0.2) is 0 Å². The van der Waals surface area contributed by atoms with Crippen molar-refractivity contribution in [3.63, 3.8) is 0 Å². The molecule has 3 nitrogen and oxygen atoms in total. The maximum atomic E-state index is 10.5. The molecular weight excluding hydrogens is 417 g/mol. The Kier molecular flexibility index (Phi) is 7.10. The predicted octanol–water partition coefficient (Wildman–Crippen LogP) is 2.26. The van der Waals surface area contributed by atoms with Gasteiger partial charge in [-0.15, -0.1) is 0 Å². The van der Waals surface area contributed by atoms with E-state index >= 15 is 0 Å². The molecule has 0 unspecified atom stereocenters. The van der Waals surface area contributed by atoms with Crippen molar-refractivity contribution in [1.29, 1.82) is 0 Å². The van der Waals surface area contributed by atoms with Gasteiger partial charge in [-0.3, -0.25) is 0 Å². The third kappa shape index (κ3) is 7.07. The van der Waals surface area contributed by atoms with E-state index in [1.165, 1.54) is 10.00 Å². The van der Waals surface area contributed by atoms with Gasteiger partial charge in [0.25, 0.3) is 0 Å². The fraction of sp³-hybridized carbons (Fsp3) is 0.0714. The molecule has 0 amide bonds. The van der Waals surface area contributed by atoms with Crippen LogP contribution in [0.25, 0.3) is 0 Å². The first-order valence-corrected chi connectivity index (χ1v) is 10.6. The third-order valence-corrected chi connectivity index (χ3v) is 7.31. The van der Waals surface area contributed by atoms with Gasteiger partial charge < -0.3 is 5.11 Å². The average molecular weight is 431 g/mol. The Morgan fingerprint density at radius 3 is 1.89 bits per heavy atom. The second-order valence-electron chi connectivity index (χ2n) is 3.60. The summed E-state index contributed by atoms with van der Waals surface area (Å²) in [4.78, 5) is 10.5. The zero-order chi connectivity index (χ0) is 13.2. The number of aromatic hydroxyl groups is 1. The summed E-state index contributed by atoms with van der Waals surface area (Å²) in [5.41, 5.74) is 0. The minimum Gasteiger partial charge on any atom is -0.508 e. The minimum absolute atomic E-state index is 0.143. The molecule has 4 heteroatoms. The van der Waals surface area contributed by atoms with E-state index in [0.717, 1.165) is 0 Å². The second kappa shape index (κ2) is 8.69. The van der Waals surface area contributed by atoms with Crippen molar-refractivity contribution >= 4 is 9.04 Å². The quantitative estimate of drug-likeness (QED) is 0.743. The molecule has 0 aliphatic rings. The summed E-state index contributed by atoms with van der Waals surface area (Å²) in [6.07, 6.45) is 0. The van der Waals surface area contributed by atoms with E-state index in [2.05, 4.69) is 0 Å². The minimum atomic E-state index is -1.52. The van der Waals surface area contributed by atoms with Gasteiger partial charge in [0.1, 0.15) is 5.75 Å². The molecule has 0 bridgehead atoms. The van der Waals surface area contributed by atoms with E-state index in [4.69, 9.17) is 7.75 Å². The molecule has 2 aromatic rings. The topological polar surface area (TPSA) is 46.5 Å². The Bertz CT molecular complexity index is 457. The summed E-state index contributed by atoms with van der Waals surface area (Å²) in [6.45, 7) is 1.46. The van der Waals surface area contributed by atoms with Gasteiger partial charge in [-0.05, 0) is 12.1 Å². The van der Waals surface area contributed by atoms with Crippen LogP contribution in [0.4, 0.5) is 0 Å². The molecule has 0 fully saturated rings. The van der Waals surface area contributed by atoms with Gasteiger partial charge in [-0.2, -0.15) is 0 Å². The Balaban J connectivity index is 0.000000199. The predicted molar refractivity (Wildman–Crippen MR) is 65.9 cm³/mol. The zero-order valence-corrected chi connectivity index (χ0v) is 15.7. The molecule has 0 spiro atoms. The Morgan fingerprint density at radius 2 is 1.50 bits per heavy atom. The number of hydrogen-bond donors (Lipinski definition) is 1. The van der Waals surface area contributed by atoms with Gasteiger partial charge in [0.05, 0.1) is 0 Å². The second-order valence-corrected chi connectivity index (χ2v) is 9.02. The van der Waals surface area contributed by atoms with Crippen molar-refractivity contribution in [2.24, 2.45) is 0 Å². The summed E-state index contributed by atoms with van der Waals surface area (Å²) in [7, 11) is 0.